The summed E-state index contributed by atoms with van der Waals surface area (Å²) in [6.45, 7) is 0.463. The van der Waals surface area contributed by atoms with E-state index in [1.807, 2.05) is 48.5 Å². The van der Waals surface area contributed by atoms with Gasteiger partial charge >= 0.3 is 0 Å². The van der Waals surface area contributed by atoms with E-state index in [1.54, 1.807) is 18.2 Å². The highest BCUT2D eigenvalue weighted by atomic mass is 35.5. The van der Waals surface area contributed by atoms with Gasteiger partial charge in [0.1, 0.15) is 18.1 Å². The third kappa shape index (κ3) is 4.58. The standard InChI is InChI=1S/C20H17ClN2O2/c21-16-9-10-19(25-13-14-5-2-1-3-6-14)15(11-16)12-17-7-4-8-18(23-17)20(22)24/h1-11H,12-13H2,(H2,22,24). The number of nitrogens with zero attached hydrogens (tertiary/aromatic N) is 1. The van der Waals surface area contributed by atoms with Gasteiger partial charge in [-0.15, -0.1) is 0 Å². The van der Waals surface area contributed by atoms with Crippen molar-refractivity contribution in [3.05, 3.63) is 94.3 Å². The predicted octanol–water partition coefficient (Wildman–Crippen LogP) is 4.00. The van der Waals surface area contributed by atoms with E-state index in [-0.39, 0.29) is 5.69 Å². The Balaban J connectivity index is 1.81. The molecule has 0 aliphatic heterocycles. The lowest BCUT2D eigenvalue weighted by atomic mass is 10.1. The van der Waals surface area contributed by atoms with Gasteiger partial charge in [0.05, 0.1) is 0 Å². The predicted molar refractivity (Wildman–Crippen MR) is 97.8 cm³/mol. The molecule has 0 aliphatic rings. The van der Waals surface area contributed by atoms with Crippen molar-refractivity contribution in [2.24, 2.45) is 5.73 Å². The van der Waals surface area contributed by atoms with E-state index in [2.05, 4.69) is 4.98 Å². The van der Waals surface area contributed by atoms with Crippen LogP contribution in [-0.4, -0.2) is 10.9 Å². The molecule has 126 valence electrons. The summed E-state index contributed by atoms with van der Waals surface area (Å²) in [4.78, 5) is 15.6. The number of aromatic nitrogens is 1. The lowest BCUT2D eigenvalue weighted by molar-refractivity contribution is 0.0995. The van der Waals surface area contributed by atoms with E-state index >= 15 is 0 Å². The van der Waals surface area contributed by atoms with Crippen LogP contribution in [0.5, 0.6) is 5.75 Å². The maximum atomic E-state index is 11.3. The summed E-state index contributed by atoms with van der Waals surface area (Å²) in [5.74, 6) is 0.188. The number of carbonyl (C=O) groups is 1. The Hall–Kier alpha value is -2.85. The third-order valence-electron chi connectivity index (χ3n) is 3.69. The lowest BCUT2D eigenvalue weighted by Gasteiger charge is -2.12. The minimum absolute atomic E-state index is 0.242. The fraction of sp³-hybridized carbons (Fsp3) is 0.100. The van der Waals surface area contributed by atoms with Gasteiger partial charge in [-0.25, -0.2) is 4.98 Å². The molecule has 5 heteroatoms. The van der Waals surface area contributed by atoms with E-state index in [9.17, 15) is 4.79 Å². The smallest absolute Gasteiger partial charge is 0.267 e. The van der Waals surface area contributed by atoms with Crippen LogP contribution in [0.25, 0.3) is 0 Å². The Morgan fingerprint density at radius 1 is 1.04 bits per heavy atom. The molecule has 1 amide bonds. The summed E-state index contributed by atoms with van der Waals surface area (Å²) in [5.41, 5.74) is 8.24. The maximum Gasteiger partial charge on any atom is 0.267 e. The molecule has 25 heavy (non-hydrogen) atoms. The molecule has 0 atom stereocenters. The maximum absolute atomic E-state index is 11.3. The highest BCUT2D eigenvalue weighted by Gasteiger charge is 2.09. The second-order valence-electron chi connectivity index (χ2n) is 5.58. The van der Waals surface area contributed by atoms with Crippen LogP contribution in [0.15, 0.2) is 66.7 Å². The topological polar surface area (TPSA) is 65.2 Å². The van der Waals surface area contributed by atoms with Crippen LogP contribution in [0.4, 0.5) is 0 Å². The van der Waals surface area contributed by atoms with Crippen LogP contribution >= 0.6 is 11.6 Å². The molecule has 0 bridgehead atoms. The quantitative estimate of drug-likeness (QED) is 0.729. The monoisotopic (exact) mass is 352 g/mol. The first kappa shape index (κ1) is 17.0. The van der Waals surface area contributed by atoms with Crippen LogP contribution in [-0.2, 0) is 13.0 Å². The van der Waals surface area contributed by atoms with Gasteiger partial charge in [-0.3, -0.25) is 4.79 Å². The average molecular weight is 353 g/mol. The fourth-order valence-corrected chi connectivity index (χ4v) is 2.67. The number of amides is 1. The van der Waals surface area contributed by atoms with E-state index in [4.69, 9.17) is 22.1 Å². The minimum atomic E-state index is -0.548. The molecule has 0 unspecified atom stereocenters. The molecule has 3 rings (SSSR count). The number of pyridine rings is 1. The van der Waals surface area contributed by atoms with Crippen molar-refractivity contribution in [1.82, 2.24) is 4.98 Å². The lowest BCUT2D eigenvalue weighted by Crippen LogP contribution is -2.13. The molecule has 1 heterocycles. The molecule has 3 aromatic rings. The zero-order chi connectivity index (χ0) is 17.6. The van der Waals surface area contributed by atoms with Crippen molar-refractivity contribution >= 4 is 17.5 Å². The van der Waals surface area contributed by atoms with Crippen LogP contribution in [0.3, 0.4) is 0 Å². The highest BCUT2D eigenvalue weighted by molar-refractivity contribution is 6.30. The second-order valence-corrected chi connectivity index (χ2v) is 6.02. The number of halogens is 1. The van der Waals surface area contributed by atoms with E-state index < -0.39 is 5.91 Å². The van der Waals surface area contributed by atoms with Crippen molar-refractivity contribution in [2.45, 2.75) is 13.0 Å². The van der Waals surface area contributed by atoms with Gasteiger partial charge in [0, 0.05) is 22.7 Å². The molecule has 2 aromatic carbocycles. The van der Waals surface area contributed by atoms with E-state index in [0.29, 0.717) is 18.1 Å². The van der Waals surface area contributed by atoms with E-state index in [1.165, 1.54) is 0 Å². The number of nitrogens with two attached hydrogens (primary N) is 1. The molecule has 0 fully saturated rings. The Morgan fingerprint density at radius 3 is 2.60 bits per heavy atom. The largest absolute Gasteiger partial charge is 0.489 e. The van der Waals surface area contributed by atoms with Gasteiger partial charge in [0.15, 0.2) is 0 Å². The van der Waals surface area contributed by atoms with Gasteiger partial charge < -0.3 is 10.5 Å². The molecule has 0 radical (unpaired) electrons. The fourth-order valence-electron chi connectivity index (χ4n) is 2.47. The highest BCUT2D eigenvalue weighted by Crippen LogP contribution is 2.26. The first-order valence-electron chi connectivity index (χ1n) is 7.83. The Bertz CT molecular complexity index is 882. The number of rotatable bonds is 6. The van der Waals surface area contributed by atoms with E-state index in [0.717, 1.165) is 22.6 Å². The number of ether oxygens (including phenoxy) is 1. The molecule has 0 spiro atoms. The third-order valence-corrected chi connectivity index (χ3v) is 3.93. The Kier molecular flexibility index (Phi) is 5.31. The molecule has 2 N–H and O–H groups in total. The molecule has 4 nitrogen and oxygen atoms in total. The summed E-state index contributed by atoms with van der Waals surface area (Å²) < 4.78 is 5.95. The van der Waals surface area contributed by atoms with Gasteiger partial charge in [0.2, 0.25) is 0 Å². The minimum Gasteiger partial charge on any atom is -0.489 e. The summed E-state index contributed by atoms with van der Waals surface area (Å²) in [5, 5.41) is 0.619. The number of benzene rings is 2. The number of hydrogen-bond donors (Lipinski definition) is 1. The van der Waals surface area contributed by atoms with Gasteiger partial charge in [0.25, 0.3) is 5.91 Å². The number of primary amides is 1. The number of hydrogen-bond acceptors (Lipinski definition) is 3. The molecular weight excluding hydrogens is 336 g/mol. The van der Waals surface area contributed by atoms with Crippen LogP contribution in [0, 0.1) is 0 Å². The first-order valence-corrected chi connectivity index (χ1v) is 8.20. The summed E-state index contributed by atoms with van der Waals surface area (Å²) >= 11 is 6.13. The SMILES string of the molecule is NC(=O)c1cccc(Cc2cc(Cl)ccc2OCc2ccccc2)n1. The van der Waals surface area contributed by atoms with Gasteiger partial charge in [-0.1, -0.05) is 48.0 Å². The Labute approximate surface area is 151 Å². The van der Waals surface area contributed by atoms with Crippen LogP contribution in [0.1, 0.15) is 27.3 Å². The van der Waals surface area contributed by atoms with Crippen LogP contribution < -0.4 is 10.5 Å². The normalized spacial score (nSPS) is 10.4. The van der Waals surface area contributed by atoms with Crippen molar-refractivity contribution in [3.63, 3.8) is 0 Å². The zero-order valence-corrected chi connectivity index (χ0v) is 14.2. The summed E-state index contributed by atoms with van der Waals surface area (Å²) in [6.07, 6.45) is 0.492. The van der Waals surface area contributed by atoms with Crippen molar-refractivity contribution in [3.8, 4) is 5.75 Å². The van der Waals surface area contributed by atoms with Crippen molar-refractivity contribution in [2.75, 3.05) is 0 Å². The van der Waals surface area contributed by atoms with Crippen LogP contribution in [0.2, 0.25) is 5.02 Å². The van der Waals surface area contributed by atoms with Gasteiger partial charge in [-0.2, -0.15) is 0 Å². The van der Waals surface area contributed by atoms with Crippen molar-refractivity contribution in [1.29, 1.82) is 0 Å². The molecule has 0 saturated carbocycles. The molecular formula is C20H17ClN2O2. The first-order chi connectivity index (χ1) is 12.1. The second kappa shape index (κ2) is 7.81. The number of carbonyl (C=O) groups excluding carboxylic acids is 1. The molecule has 0 aliphatic carbocycles. The molecule has 0 saturated heterocycles. The molecule has 1 aromatic heterocycles. The van der Waals surface area contributed by atoms with Gasteiger partial charge in [-0.05, 0) is 35.9 Å². The summed E-state index contributed by atoms with van der Waals surface area (Å²) in [7, 11) is 0. The Morgan fingerprint density at radius 2 is 1.84 bits per heavy atom. The average Bonchev–Trinajstić information content (AvgIpc) is 2.62. The summed E-state index contributed by atoms with van der Waals surface area (Å²) in [6, 6.07) is 20.6. The zero-order valence-electron chi connectivity index (χ0n) is 13.5. The van der Waals surface area contributed by atoms with Crippen molar-refractivity contribution < 1.29 is 9.53 Å².